The van der Waals surface area contributed by atoms with Crippen LogP contribution in [0.3, 0.4) is 0 Å². The molecular formula is C13H9Cl2NO2. The van der Waals surface area contributed by atoms with Gasteiger partial charge in [0.1, 0.15) is 12.3 Å². The monoisotopic (exact) mass is 281 g/mol. The van der Waals surface area contributed by atoms with Crippen LogP contribution >= 0.6 is 23.2 Å². The molecule has 0 fully saturated rings. The predicted molar refractivity (Wildman–Crippen MR) is 69.8 cm³/mol. The zero-order valence-electron chi connectivity index (χ0n) is 9.27. The van der Waals surface area contributed by atoms with E-state index in [0.29, 0.717) is 15.6 Å². The van der Waals surface area contributed by atoms with E-state index >= 15 is 0 Å². The number of nitrogens with zero attached hydrogens (tertiary/aromatic N) is 1. The summed E-state index contributed by atoms with van der Waals surface area (Å²) in [6, 6.07) is 10.1. The minimum absolute atomic E-state index is 0.0887. The average molecular weight is 282 g/mol. The first kappa shape index (κ1) is 12.9. The standard InChI is InChI=1S/C13H9Cl2NO2/c14-10-5-4-9(11(15)7-10)8-18-13(17)12-3-1-2-6-16-12/h1-7H,8H2. The number of esters is 1. The Labute approximate surface area is 114 Å². The highest BCUT2D eigenvalue weighted by Gasteiger charge is 2.09. The van der Waals surface area contributed by atoms with E-state index in [1.54, 1.807) is 36.4 Å². The lowest BCUT2D eigenvalue weighted by atomic mass is 10.2. The summed E-state index contributed by atoms with van der Waals surface area (Å²) < 4.78 is 5.11. The fraction of sp³-hybridized carbons (Fsp3) is 0.0769. The molecule has 0 aliphatic rings. The highest BCUT2D eigenvalue weighted by molar-refractivity contribution is 6.35. The van der Waals surface area contributed by atoms with Crippen LogP contribution in [-0.2, 0) is 11.3 Å². The lowest BCUT2D eigenvalue weighted by molar-refractivity contribution is 0.0466. The topological polar surface area (TPSA) is 39.2 Å². The van der Waals surface area contributed by atoms with Gasteiger partial charge in [-0.25, -0.2) is 9.78 Å². The number of pyridine rings is 1. The molecule has 0 unspecified atom stereocenters. The number of ether oxygens (including phenoxy) is 1. The summed E-state index contributed by atoms with van der Waals surface area (Å²) in [4.78, 5) is 15.5. The molecule has 3 nitrogen and oxygen atoms in total. The van der Waals surface area contributed by atoms with Crippen molar-refractivity contribution < 1.29 is 9.53 Å². The molecule has 0 amide bonds. The van der Waals surface area contributed by atoms with E-state index in [-0.39, 0.29) is 12.3 Å². The lowest BCUT2D eigenvalue weighted by Gasteiger charge is -2.06. The first-order valence-corrected chi connectivity index (χ1v) is 5.94. The summed E-state index contributed by atoms with van der Waals surface area (Å²) in [5, 5.41) is 1.01. The van der Waals surface area contributed by atoms with Gasteiger partial charge in [-0.2, -0.15) is 0 Å². The van der Waals surface area contributed by atoms with Gasteiger partial charge in [0.25, 0.3) is 0 Å². The van der Waals surface area contributed by atoms with Crippen molar-refractivity contribution in [1.29, 1.82) is 0 Å². The van der Waals surface area contributed by atoms with Crippen molar-refractivity contribution in [1.82, 2.24) is 4.98 Å². The van der Waals surface area contributed by atoms with E-state index in [0.717, 1.165) is 0 Å². The molecule has 2 aromatic rings. The van der Waals surface area contributed by atoms with E-state index in [2.05, 4.69) is 4.98 Å². The lowest BCUT2D eigenvalue weighted by Crippen LogP contribution is -2.07. The Morgan fingerprint density at radius 3 is 2.72 bits per heavy atom. The van der Waals surface area contributed by atoms with Gasteiger partial charge in [-0.3, -0.25) is 0 Å². The normalized spacial score (nSPS) is 10.1. The van der Waals surface area contributed by atoms with Gasteiger partial charge in [-0.15, -0.1) is 0 Å². The Balaban J connectivity index is 2.02. The second-order valence-corrected chi connectivity index (χ2v) is 4.37. The minimum Gasteiger partial charge on any atom is -0.456 e. The average Bonchev–Trinajstić information content (AvgIpc) is 2.38. The third-order valence-electron chi connectivity index (χ3n) is 2.25. The van der Waals surface area contributed by atoms with Gasteiger partial charge in [0.15, 0.2) is 0 Å². The molecule has 0 saturated heterocycles. The third-order valence-corrected chi connectivity index (χ3v) is 2.83. The van der Waals surface area contributed by atoms with Crippen molar-refractivity contribution in [2.24, 2.45) is 0 Å². The van der Waals surface area contributed by atoms with Crippen LogP contribution in [-0.4, -0.2) is 11.0 Å². The molecule has 0 atom stereocenters. The van der Waals surface area contributed by atoms with Crippen LogP contribution in [0.1, 0.15) is 16.1 Å². The first-order valence-electron chi connectivity index (χ1n) is 5.19. The van der Waals surface area contributed by atoms with Crippen LogP contribution in [0, 0.1) is 0 Å². The number of halogens is 2. The summed E-state index contributed by atoms with van der Waals surface area (Å²) in [6.45, 7) is 0.0887. The molecule has 1 aromatic carbocycles. The van der Waals surface area contributed by atoms with E-state index in [1.165, 1.54) is 6.20 Å². The van der Waals surface area contributed by atoms with Gasteiger partial charge in [0.05, 0.1) is 0 Å². The van der Waals surface area contributed by atoms with Crippen molar-refractivity contribution >= 4 is 29.2 Å². The number of hydrogen-bond donors (Lipinski definition) is 0. The smallest absolute Gasteiger partial charge is 0.357 e. The van der Waals surface area contributed by atoms with E-state index in [9.17, 15) is 4.79 Å². The predicted octanol–water partition coefficient (Wildman–Crippen LogP) is 3.75. The fourth-order valence-electron chi connectivity index (χ4n) is 1.34. The molecule has 0 spiro atoms. The van der Waals surface area contributed by atoms with Gasteiger partial charge < -0.3 is 4.74 Å². The van der Waals surface area contributed by atoms with Gasteiger partial charge in [0.2, 0.25) is 0 Å². The maximum absolute atomic E-state index is 11.6. The van der Waals surface area contributed by atoms with Crippen molar-refractivity contribution in [2.75, 3.05) is 0 Å². The summed E-state index contributed by atoms with van der Waals surface area (Å²) >= 11 is 11.7. The second-order valence-electron chi connectivity index (χ2n) is 3.53. The van der Waals surface area contributed by atoms with E-state index in [4.69, 9.17) is 27.9 Å². The number of hydrogen-bond acceptors (Lipinski definition) is 3. The number of aromatic nitrogens is 1. The van der Waals surface area contributed by atoms with Crippen molar-refractivity contribution in [3.05, 3.63) is 63.9 Å². The van der Waals surface area contributed by atoms with Gasteiger partial charge in [0, 0.05) is 21.8 Å². The zero-order valence-corrected chi connectivity index (χ0v) is 10.8. The second kappa shape index (κ2) is 5.85. The SMILES string of the molecule is O=C(OCc1ccc(Cl)cc1Cl)c1ccccn1. The molecular weight excluding hydrogens is 273 g/mol. The van der Waals surface area contributed by atoms with Crippen LogP contribution in [0.4, 0.5) is 0 Å². The molecule has 0 aliphatic heterocycles. The van der Waals surface area contributed by atoms with Gasteiger partial charge in [-0.05, 0) is 24.3 Å². The first-order chi connectivity index (χ1) is 8.66. The molecule has 92 valence electrons. The van der Waals surface area contributed by atoms with E-state index < -0.39 is 5.97 Å². The Morgan fingerprint density at radius 1 is 1.22 bits per heavy atom. The maximum atomic E-state index is 11.6. The Morgan fingerprint density at radius 2 is 2.06 bits per heavy atom. The fourth-order valence-corrected chi connectivity index (χ4v) is 1.80. The molecule has 5 heteroatoms. The summed E-state index contributed by atoms with van der Waals surface area (Å²) in [5.41, 5.74) is 0.966. The summed E-state index contributed by atoms with van der Waals surface area (Å²) in [5.74, 6) is -0.485. The Bertz CT molecular complexity index is 558. The summed E-state index contributed by atoms with van der Waals surface area (Å²) in [7, 11) is 0. The molecule has 2 rings (SSSR count). The van der Waals surface area contributed by atoms with Crippen molar-refractivity contribution in [3.63, 3.8) is 0 Å². The molecule has 0 radical (unpaired) electrons. The van der Waals surface area contributed by atoms with Crippen LogP contribution in [0.25, 0.3) is 0 Å². The van der Waals surface area contributed by atoms with Crippen molar-refractivity contribution in [3.8, 4) is 0 Å². The van der Waals surface area contributed by atoms with Crippen LogP contribution in [0.2, 0.25) is 10.0 Å². The molecule has 1 aromatic heterocycles. The molecule has 0 N–H and O–H groups in total. The number of rotatable bonds is 3. The summed E-state index contributed by atoms with van der Waals surface area (Å²) in [6.07, 6.45) is 1.53. The van der Waals surface area contributed by atoms with Crippen LogP contribution in [0.15, 0.2) is 42.6 Å². The molecule has 0 saturated carbocycles. The highest BCUT2D eigenvalue weighted by atomic mass is 35.5. The van der Waals surface area contributed by atoms with Gasteiger partial charge >= 0.3 is 5.97 Å². The largest absolute Gasteiger partial charge is 0.456 e. The van der Waals surface area contributed by atoms with Crippen molar-refractivity contribution in [2.45, 2.75) is 6.61 Å². The van der Waals surface area contributed by atoms with Gasteiger partial charge in [-0.1, -0.05) is 35.3 Å². The molecule has 18 heavy (non-hydrogen) atoms. The van der Waals surface area contributed by atoms with E-state index in [1.807, 2.05) is 0 Å². The minimum atomic E-state index is -0.485. The number of benzene rings is 1. The molecule has 0 aliphatic carbocycles. The maximum Gasteiger partial charge on any atom is 0.357 e. The molecule has 1 heterocycles. The Kier molecular flexibility index (Phi) is 4.18. The number of carbonyl (C=O) groups excluding carboxylic acids is 1. The quantitative estimate of drug-likeness (QED) is 0.805. The van der Waals surface area contributed by atoms with Crippen LogP contribution < -0.4 is 0 Å². The highest BCUT2D eigenvalue weighted by Crippen LogP contribution is 2.21. The zero-order chi connectivity index (χ0) is 13.0. The Hall–Kier alpha value is -1.58. The number of carbonyl (C=O) groups is 1. The third kappa shape index (κ3) is 3.22. The molecule has 0 bridgehead atoms. The van der Waals surface area contributed by atoms with Crippen LogP contribution in [0.5, 0.6) is 0 Å².